The van der Waals surface area contributed by atoms with Crippen LogP contribution in [0.1, 0.15) is 36.3 Å². The third kappa shape index (κ3) is 4.10. The molecule has 4 heterocycles. The fourth-order valence-corrected chi connectivity index (χ4v) is 4.65. The molecular weight excluding hydrogens is 362 g/mol. The smallest absolute Gasteiger partial charge is 0.251 e. The van der Waals surface area contributed by atoms with E-state index in [4.69, 9.17) is 14.1 Å². The van der Waals surface area contributed by atoms with Crippen LogP contribution in [-0.2, 0) is 16.1 Å². The van der Waals surface area contributed by atoms with Gasteiger partial charge >= 0.3 is 0 Å². The molecule has 0 aliphatic carbocycles. The molecule has 2 aliphatic rings. The summed E-state index contributed by atoms with van der Waals surface area (Å²) in [7, 11) is 0. The van der Waals surface area contributed by atoms with Gasteiger partial charge in [0.2, 0.25) is 5.89 Å². The molecule has 2 aromatic rings. The molecule has 0 aromatic carbocycles. The van der Waals surface area contributed by atoms with Crippen molar-refractivity contribution < 1.29 is 13.9 Å². The Morgan fingerprint density at radius 1 is 1.26 bits per heavy atom. The first-order chi connectivity index (χ1) is 13.1. The standard InChI is InChI=1S/C20H27N3O3S/c1-14-6-12-27-18(14)19-21-16(15(2)26-19)13-22-7-4-8-23(10-9-22)20(24)17-5-3-11-25-17/h6,12,17H,3-5,7-11,13H2,1-2H3/t17-/m1/s1. The van der Waals surface area contributed by atoms with E-state index < -0.39 is 0 Å². The number of hydrogen-bond donors (Lipinski definition) is 0. The molecule has 0 saturated carbocycles. The Bertz CT molecular complexity index is 794. The van der Waals surface area contributed by atoms with Gasteiger partial charge in [-0.25, -0.2) is 4.98 Å². The van der Waals surface area contributed by atoms with Crippen molar-refractivity contribution in [1.82, 2.24) is 14.8 Å². The Morgan fingerprint density at radius 3 is 2.89 bits per heavy atom. The molecule has 2 aliphatic heterocycles. The zero-order valence-electron chi connectivity index (χ0n) is 16.1. The fraction of sp³-hybridized carbons (Fsp3) is 0.600. The Labute approximate surface area is 164 Å². The van der Waals surface area contributed by atoms with Crippen LogP contribution in [0.3, 0.4) is 0 Å². The molecule has 2 aromatic heterocycles. The van der Waals surface area contributed by atoms with Gasteiger partial charge in [0.05, 0.1) is 10.6 Å². The number of nitrogens with zero attached hydrogens (tertiary/aromatic N) is 3. The molecule has 1 amide bonds. The van der Waals surface area contributed by atoms with E-state index in [9.17, 15) is 4.79 Å². The molecule has 0 spiro atoms. The predicted molar refractivity (Wildman–Crippen MR) is 105 cm³/mol. The van der Waals surface area contributed by atoms with Gasteiger partial charge in [0, 0.05) is 39.3 Å². The normalized spacial score (nSPS) is 21.6. The minimum atomic E-state index is -0.217. The van der Waals surface area contributed by atoms with Crippen LogP contribution < -0.4 is 0 Å². The molecule has 0 N–H and O–H groups in total. The van der Waals surface area contributed by atoms with Crippen LogP contribution in [0.5, 0.6) is 0 Å². The molecule has 146 valence electrons. The SMILES string of the molecule is Cc1ccsc1-c1nc(CN2CCCN(C(=O)[C@H]3CCCO3)CC2)c(C)o1. The van der Waals surface area contributed by atoms with E-state index in [-0.39, 0.29) is 12.0 Å². The average molecular weight is 390 g/mol. The number of amides is 1. The molecule has 0 radical (unpaired) electrons. The van der Waals surface area contributed by atoms with Gasteiger partial charge in [-0.3, -0.25) is 9.69 Å². The Hall–Kier alpha value is -1.70. The van der Waals surface area contributed by atoms with Crippen molar-refractivity contribution in [3.05, 3.63) is 28.5 Å². The van der Waals surface area contributed by atoms with E-state index in [0.717, 1.165) is 74.2 Å². The van der Waals surface area contributed by atoms with Crippen molar-refractivity contribution in [2.24, 2.45) is 0 Å². The minimum Gasteiger partial charge on any atom is -0.440 e. The largest absolute Gasteiger partial charge is 0.440 e. The molecule has 6 nitrogen and oxygen atoms in total. The first-order valence-corrected chi connectivity index (χ1v) is 10.6. The summed E-state index contributed by atoms with van der Waals surface area (Å²) in [4.78, 5) is 22.8. The maximum absolute atomic E-state index is 12.6. The van der Waals surface area contributed by atoms with E-state index in [1.165, 1.54) is 5.56 Å². The number of ether oxygens (including phenoxy) is 1. The highest BCUT2D eigenvalue weighted by Gasteiger charge is 2.29. The molecule has 0 bridgehead atoms. The fourth-order valence-electron chi connectivity index (χ4n) is 3.80. The maximum Gasteiger partial charge on any atom is 0.251 e. The van der Waals surface area contributed by atoms with Crippen LogP contribution in [0.15, 0.2) is 15.9 Å². The minimum absolute atomic E-state index is 0.169. The van der Waals surface area contributed by atoms with Crippen LogP contribution in [0.25, 0.3) is 10.8 Å². The second kappa shape index (κ2) is 8.12. The number of carbonyl (C=O) groups is 1. The van der Waals surface area contributed by atoms with Crippen molar-refractivity contribution in [2.45, 2.75) is 45.8 Å². The molecule has 27 heavy (non-hydrogen) atoms. The molecule has 4 rings (SSSR count). The van der Waals surface area contributed by atoms with E-state index in [0.29, 0.717) is 6.61 Å². The number of aromatic nitrogens is 1. The molecular formula is C20H27N3O3S. The summed E-state index contributed by atoms with van der Waals surface area (Å²) < 4.78 is 11.5. The summed E-state index contributed by atoms with van der Waals surface area (Å²) in [6.45, 7) is 8.95. The topological polar surface area (TPSA) is 58.8 Å². The number of oxazole rings is 1. The third-order valence-electron chi connectivity index (χ3n) is 5.43. The van der Waals surface area contributed by atoms with Crippen LogP contribution in [0.2, 0.25) is 0 Å². The summed E-state index contributed by atoms with van der Waals surface area (Å²) in [5.41, 5.74) is 2.20. The summed E-state index contributed by atoms with van der Waals surface area (Å²) in [6.07, 6.45) is 2.62. The van der Waals surface area contributed by atoms with Crippen LogP contribution in [0, 0.1) is 13.8 Å². The second-order valence-electron chi connectivity index (χ2n) is 7.41. The van der Waals surface area contributed by atoms with E-state index in [2.05, 4.69) is 23.3 Å². The first-order valence-electron chi connectivity index (χ1n) is 9.75. The van der Waals surface area contributed by atoms with Crippen molar-refractivity contribution >= 4 is 17.2 Å². The summed E-state index contributed by atoms with van der Waals surface area (Å²) >= 11 is 1.66. The third-order valence-corrected chi connectivity index (χ3v) is 6.43. The van der Waals surface area contributed by atoms with Gasteiger partial charge < -0.3 is 14.1 Å². The predicted octanol–water partition coefficient (Wildman–Crippen LogP) is 3.23. The van der Waals surface area contributed by atoms with Gasteiger partial charge in [-0.1, -0.05) is 0 Å². The van der Waals surface area contributed by atoms with Gasteiger partial charge in [0.15, 0.2) is 0 Å². The summed E-state index contributed by atoms with van der Waals surface area (Å²) in [5, 5.41) is 2.07. The number of thiophene rings is 1. The molecule has 7 heteroatoms. The highest BCUT2D eigenvalue weighted by atomic mass is 32.1. The lowest BCUT2D eigenvalue weighted by Crippen LogP contribution is -2.41. The Morgan fingerprint density at radius 2 is 2.15 bits per heavy atom. The highest BCUT2D eigenvalue weighted by Crippen LogP contribution is 2.30. The number of aryl methyl sites for hydroxylation is 2. The first kappa shape index (κ1) is 18.7. The molecule has 0 unspecified atom stereocenters. The number of rotatable bonds is 4. The zero-order valence-corrected chi connectivity index (χ0v) is 16.9. The summed E-state index contributed by atoms with van der Waals surface area (Å²) in [6, 6.07) is 2.09. The van der Waals surface area contributed by atoms with Gasteiger partial charge in [-0.15, -0.1) is 11.3 Å². The van der Waals surface area contributed by atoms with Gasteiger partial charge in [-0.2, -0.15) is 0 Å². The van der Waals surface area contributed by atoms with Crippen molar-refractivity contribution in [1.29, 1.82) is 0 Å². The lowest BCUT2D eigenvalue weighted by molar-refractivity contribution is -0.140. The highest BCUT2D eigenvalue weighted by molar-refractivity contribution is 7.13. The molecule has 2 fully saturated rings. The van der Waals surface area contributed by atoms with Gasteiger partial charge in [0.25, 0.3) is 5.91 Å². The van der Waals surface area contributed by atoms with E-state index >= 15 is 0 Å². The lowest BCUT2D eigenvalue weighted by atomic mass is 10.2. The lowest BCUT2D eigenvalue weighted by Gasteiger charge is -2.24. The van der Waals surface area contributed by atoms with E-state index in [1.807, 2.05) is 11.8 Å². The molecule has 2 saturated heterocycles. The number of hydrogen-bond acceptors (Lipinski definition) is 6. The van der Waals surface area contributed by atoms with Crippen molar-refractivity contribution in [2.75, 3.05) is 32.8 Å². The Balaban J connectivity index is 1.38. The summed E-state index contributed by atoms with van der Waals surface area (Å²) in [5.74, 6) is 1.77. The van der Waals surface area contributed by atoms with Crippen LogP contribution in [0.4, 0.5) is 0 Å². The van der Waals surface area contributed by atoms with E-state index in [1.54, 1.807) is 11.3 Å². The van der Waals surface area contributed by atoms with Crippen LogP contribution in [-0.4, -0.2) is 59.6 Å². The van der Waals surface area contributed by atoms with Gasteiger partial charge in [-0.05, 0) is 50.1 Å². The maximum atomic E-state index is 12.6. The van der Waals surface area contributed by atoms with Crippen molar-refractivity contribution in [3.8, 4) is 10.8 Å². The van der Waals surface area contributed by atoms with Crippen molar-refractivity contribution in [3.63, 3.8) is 0 Å². The molecule has 1 atom stereocenters. The number of carbonyl (C=O) groups excluding carboxylic acids is 1. The Kier molecular flexibility index (Phi) is 5.61. The van der Waals surface area contributed by atoms with Gasteiger partial charge in [0.1, 0.15) is 11.9 Å². The zero-order chi connectivity index (χ0) is 18.8. The monoisotopic (exact) mass is 389 g/mol. The quantitative estimate of drug-likeness (QED) is 0.803. The van der Waals surface area contributed by atoms with Crippen LogP contribution >= 0.6 is 11.3 Å². The second-order valence-corrected chi connectivity index (χ2v) is 8.33. The average Bonchev–Trinajstić information content (AvgIpc) is 3.36.